The highest BCUT2D eigenvalue weighted by Crippen LogP contribution is 2.22. The van der Waals surface area contributed by atoms with Crippen LogP contribution >= 0.6 is 0 Å². The maximum absolute atomic E-state index is 11.6. The summed E-state index contributed by atoms with van der Waals surface area (Å²) < 4.78 is 5.05. The monoisotopic (exact) mass is 242 g/mol. The van der Waals surface area contributed by atoms with E-state index >= 15 is 0 Å². The molecule has 0 aromatic carbocycles. The molecule has 0 bridgehead atoms. The minimum Gasteiger partial charge on any atom is -0.442 e. The lowest BCUT2D eigenvalue weighted by Crippen LogP contribution is -2.43. The van der Waals surface area contributed by atoms with Crippen LogP contribution in [0.3, 0.4) is 0 Å². The first-order chi connectivity index (χ1) is 8.11. The Bertz CT molecular complexity index is 283. The van der Waals surface area contributed by atoms with E-state index in [0.29, 0.717) is 18.6 Å². The van der Waals surface area contributed by atoms with Gasteiger partial charge in [0.15, 0.2) is 0 Å². The van der Waals surface area contributed by atoms with Crippen molar-refractivity contribution in [1.29, 1.82) is 0 Å². The first-order valence-electron chi connectivity index (χ1n) is 6.44. The summed E-state index contributed by atoms with van der Waals surface area (Å²) in [7, 11) is 0. The predicted molar refractivity (Wildman–Crippen MR) is 63.8 cm³/mol. The van der Waals surface area contributed by atoms with Crippen LogP contribution in [0.15, 0.2) is 0 Å². The number of ether oxygens (including phenoxy) is 1. The number of aliphatic hydroxyl groups is 1. The Morgan fingerprint density at radius 2 is 2.29 bits per heavy atom. The van der Waals surface area contributed by atoms with Gasteiger partial charge in [0.1, 0.15) is 6.10 Å². The van der Waals surface area contributed by atoms with Crippen molar-refractivity contribution >= 4 is 6.09 Å². The van der Waals surface area contributed by atoms with Crippen molar-refractivity contribution in [2.24, 2.45) is 0 Å². The molecule has 2 rings (SSSR count). The smallest absolute Gasteiger partial charge is 0.410 e. The summed E-state index contributed by atoms with van der Waals surface area (Å²) in [5.41, 5.74) is 0. The highest BCUT2D eigenvalue weighted by atomic mass is 16.6. The van der Waals surface area contributed by atoms with Gasteiger partial charge in [-0.3, -0.25) is 4.90 Å². The molecular weight excluding hydrogens is 220 g/mol. The minimum absolute atomic E-state index is 0.0825. The predicted octanol–water partition coefficient (Wildman–Crippen LogP) is 0.672. The Kier molecular flexibility index (Phi) is 3.89. The summed E-state index contributed by atoms with van der Waals surface area (Å²) >= 11 is 0. The number of hydrogen-bond acceptors (Lipinski definition) is 4. The van der Waals surface area contributed by atoms with Crippen molar-refractivity contribution in [3.63, 3.8) is 0 Å². The lowest BCUT2D eigenvalue weighted by molar-refractivity contribution is 0.0939. The van der Waals surface area contributed by atoms with Gasteiger partial charge >= 0.3 is 6.09 Å². The number of cyclic esters (lactones) is 1. The Labute approximate surface area is 102 Å². The molecule has 2 fully saturated rings. The average Bonchev–Trinajstić information content (AvgIpc) is 2.87. The first-order valence-corrected chi connectivity index (χ1v) is 6.44. The molecule has 2 aliphatic rings. The van der Waals surface area contributed by atoms with Gasteiger partial charge < -0.3 is 14.7 Å². The van der Waals surface area contributed by atoms with Crippen molar-refractivity contribution in [3.8, 4) is 0 Å². The number of carbonyl (C=O) groups is 1. The van der Waals surface area contributed by atoms with Crippen LogP contribution in [0.25, 0.3) is 0 Å². The number of aliphatic hydroxyl groups excluding tert-OH is 1. The van der Waals surface area contributed by atoms with Gasteiger partial charge in [-0.05, 0) is 33.2 Å². The molecule has 0 aromatic rings. The topological polar surface area (TPSA) is 53.0 Å². The molecule has 17 heavy (non-hydrogen) atoms. The fourth-order valence-corrected chi connectivity index (χ4v) is 2.81. The SMILES string of the molecule is CC(C)N1CCCC1CN1C[C@H](CO)OC1=O. The molecule has 2 atom stereocenters. The third-order valence-corrected chi connectivity index (χ3v) is 3.67. The normalized spacial score (nSPS) is 30.4. The van der Waals surface area contributed by atoms with E-state index in [2.05, 4.69) is 18.7 Å². The molecular formula is C12H22N2O3. The van der Waals surface area contributed by atoms with Crippen LogP contribution in [0, 0.1) is 0 Å². The Morgan fingerprint density at radius 1 is 1.53 bits per heavy atom. The lowest BCUT2D eigenvalue weighted by Gasteiger charge is -2.30. The van der Waals surface area contributed by atoms with E-state index in [4.69, 9.17) is 9.84 Å². The first kappa shape index (κ1) is 12.6. The van der Waals surface area contributed by atoms with Crippen molar-refractivity contribution < 1.29 is 14.6 Å². The molecule has 0 radical (unpaired) electrons. The van der Waals surface area contributed by atoms with Gasteiger partial charge in [0.2, 0.25) is 0 Å². The van der Waals surface area contributed by atoms with Crippen LogP contribution in [0.1, 0.15) is 26.7 Å². The van der Waals surface area contributed by atoms with Gasteiger partial charge in [-0.2, -0.15) is 0 Å². The highest BCUT2D eigenvalue weighted by molar-refractivity contribution is 5.69. The number of likely N-dealkylation sites (tertiary alicyclic amines) is 1. The zero-order valence-corrected chi connectivity index (χ0v) is 10.6. The fourth-order valence-electron chi connectivity index (χ4n) is 2.81. The van der Waals surface area contributed by atoms with Crippen LogP contribution in [0.2, 0.25) is 0 Å². The van der Waals surface area contributed by atoms with E-state index in [9.17, 15) is 4.79 Å². The molecule has 2 aliphatic heterocycles. The molecule has 1 N–H and O–H groups in total. The molecule has 98 valence electrons. The summed E-state index contributed by atoms with van der Waals surface area (Å²) in [5, 5.41) is 8.99. The molecule has 1 unspecified atom stereocenters. The van der Waals surface area contributed by atoms with Crippen LogP contribution in [0.4, 0.5) is 4.79 Å². The van der Waals surface area contributed by atoms with Gasteiger partial charge in [0.05, 0.1) is 13.2 Å². The Morgan fingerprint density at radius 3 is 2.88 bits per heavy atom. The molecule has 0 spiro atoms. The van der Waals surface area contributed by atoms with Crippen molar-refractivity contribution in [1.82, 2.24) is 9.80 Å². The zero-order valence-electron chi connectivity index (χ0n) is 10.6. The van der Waals surface area contributed by atoms with Gasteiger partial charge in [0.25, 0.3) is 0 Å². The summed E-state index contributed by atoms with van der Waals surface area (Å²) in [6, 6.07) is 0.967. The van der Waals surface area contributed by atoms with Crippen LogP contribution in [-0.2, 0) is 4.74 Å². The van der Waals surface area contributed by atoms with E-state index in [1.54, 1.807) is 4.90 Å². The van der Waals surface area contributed by atoms with Crippen LogP contribution < -0.4 is 0 Å². The number of carbonyl (C=O) groups excluding carboxylic acids is 1. The van der Waals surface area contributed by atoms with Gasteiger partial charge in [0, 0.05) is 18.6 Å². The molecule has 2 heterocycles. The largest absolute Gasteiger partial charge is 0.442 e. The summed E-state index contributed by atoms with van der Waals surface area (Å²) in [4.78, 5) is 15.8. The second kappa shape index (κ2) is 5.23. The van der Waals surface area contributed by atoms with Gasteiger partial charge in [-0.1, -0.05) is 0 Å². The average molecular weight is 242 g/mol. The molecule has 1 amide bonds. The zero-order chi connectivity index (χ0) is 12.4. The van der Waals surface area contributed by atoms with Crippen LogP contribution in [-0.4, -0.2) is 65.4 Å². The fraction of sp³-hybridized carbons (Fsp3) is 0.917. The Hall–Kier alpha value is -0.810. The second-order valence-corrected chi connectivity index (χ2v) is 5.22. The van der Waals surface area contributed by atoms with E-state index < -0.39 is 0 Å². The number of nitrogens with zero attached hydrogens (tertiary/aromatic N) is 2. The van der Waals surface area contributed by atoms with Crippen molar-refractivity contribution in [2.45, 2.75) is 44.9 Å². The van der Waals surface area contributed by atoms with E-state index in [-0.39, 0.29) is 18.8 Å². The van der Waals surface area contributed by atoms with Crippen LogP contribution in [0.5, 0.6) is 0 Å². The van der Waals surface area contributed by atoms with Gasteiger partial charge in [-0.15, -0.1) is 0 Å². The third kappa shape index (κ3) is 2.72. The number of rotatable bonds is 4. The number of hydrogen-bond donors (Lipinski definition) is 1. The van der Waals surface area contributed by atoms with E-state index in [0.717, 1.165) is 19.5 Å². The molecule has 0 aromatic heterocycles. The summed E-state index contributed by atoms with van der Waals surface area (Å²) in [6.07, 6.45) is 1.73. The van der Waals surface area contributed by atoms with E-state index in [1.807, 2.05) is 0 Å². The highest BCUT2D eigenvalue weighted by Gasteiger charge is 2.35. The van der Waals surface area contributed by atoms with Gasteiger partial charge in [-0.25, -0.2) is 4.79 Å². The molecule has 2 saturated heterocycles. The molecule has 0 aliphatic carbocycles. The maximum Gasteiger partial charge on any atom is 0.410 e. The summed E-state index contributed by atoms with van der Waals surface area (Å²) in [6.45, 7) is 6.68. The minimum atomic E-state index is -0.337. The van der Waals surface area contributed by atoms with Crippen molar-refractivity contribution in [3.05, 3.63) is 0 Å². The molecule has 5 heteroatoms. The second-order valence-electron chi connectivity index (χ2n) is 5.22. The lowest BCUT2D eigenvalue weighted by atomic mass is 10.2. The van der Waals surface area contributed by atoms with Crippen molar-refractivity contribution in [2.75, 3.05) is 26.2 Å². The molecule has 5 nitrogen and oxygen atoms in total. The number of amides is 1. The Balaban J connectivity index is 1.90. The quantitative estimate of drug-likeness (QED) is 0.787. The standard InChI is InChI=1S/C12H22N2O3/c1-9(2)14-5-3-4-10(14)6-13-7-11(8-15)17-12(13)16/h9-11,15H,3-8H2,1-2H3/t10?,11-/m1/s1. The summed E-state index contributed by atoms with van der Waals surface area (Å²) in [5.74, 6) is 0. The molecule has 0 saturated carbocycles. The van der Waals surface area contributed by atoms with E-state index in [1.165, 1.54) is 6.42 Å². The third-order valence-electron chi connectivity index (χ3n) is 3.67. The maximum atomic E-state index is 11.6.